The summed E-state index contributed by atoms with van der Waals surface area (Å²) >= 11 is 0. The Morgan fingerprint density at radius 3 is 2.12 bits per heavy atom. The third-order valence-electron chi connectivity index (χ3n) is 3.40. The lowest BCUT2D eigenvalue weighted by Gasteiger charge is -2.08. The molecule has 0 aliphatic rings. The van der Waals surface area contributed by atoms with Crippen molar-refractivity contribution in [2.75, 3.05) is 18.5 Å². The van der Waals surface area contributed by atoms with Crippen LogP contribution in [0.5, 0.6) is 0 Å². The molecule has 0 aliphatic carbocycles. The van der Waals surface area contributed by atoms with Gasteiger partial charge in [-0.1, -0.05) is 17.7 Å². The highest BCUT2D eigenvalue weighted by Gasteiger charge is 2.09. The summed E-state index contributed by atoms with van der Waals surface area (Å²) in [5.41, 5.74) is 2.49. The number of anilines is 1. The van der Waals surface area contributed by atoms with Gasteiger partial charge in [0.1, 0.15) is 0 Å². The molecule has 0 fully saturated rings. The van der Waals surface area contributed by atoms with E-state index in [1.54, 1.807) is 43.3 Å². The van der Waals surface area contributed by atoms with Crippen LogP contribution >= 0.6 is 0 Å². The van der Waals surface area contributed by atoms with E-state index in [4.69, 9.17) is 4.74 Å². The highest BCUT2D eigenvalue weighted by molar-refractivity contribution is 5.99. The van der Waals surface area contributed by atoms with Crippen molar-refractivity contribution in [1.29, 1.82) is 0 Å². The molecule has 2 aromatic carbocycles. The number of benzene rings is 2. The second-order valence-electron chi connectivity index (χ2n) is 5.39. The fourth-order valence-electron chi connectivity index (χ4n) is 2.08. The quantitative estimate of drug-likeness (QED) is 0.792. The highest BCUT2D eigenvalue weighted by atomic mass is 16.5. The maximum Gasteiger partial charge on any atom is 0.338 e. The van der Waals surface area contributed by atoms with Gasteiger partial charge in [-0.25, -0.2) is 4.79 Å². The molecule has 0 heterocycles. The van der Waals surface area contributed by atoms with Crippen LogP contribution in [0.2, 0.25) is 0 Å². The Labute approximate surface area is 146 Å². The smallest absolute Gasteiger partial charge is 0.338 e. The number of ether oxygens (including phenoxy) is 1. The second kappa shape index (κ2) is 8.63. The first-order chi connectivity index (χ1) is 12.0. The zero-order chi connectivity index (χ0) is 18.2. The van der Waals surface area contributed by atoms with Crippen molar-refractivity contribution in [3.05, 3.63) is 65.2 Å². The molecule has 0 atom stereocenters. The highest BCUT2D eigenvalue weighted by Crippen LogP contribution is 2.10. The number of hydrogen-bond donors (Lipinski definition) is 2. The first-order valence-electron chi connectivity index (χ1n) is 7.91. The van der Waals surface area contributed by atoms with Gasteiger partial charge in [-0.05, 0) is 50.2 Å². The molecule has 2 aromatic rings. The van der Waals surface area contributed by atoms with Gasteiger partial charge in [0.05, 0.1) is 18.7 Å². The van der Waals surface area contributed by atoms with Crippen LogP contribution in [0.15, 0.2) is 48.5 Å². The first-order valence-corrected chi connectivity index (χ1v) is 7.91. The molecular formula is C19H20N2O4. The Bertz CT molecular complexity index is 752. The van der Waals surface area contributed by atoms with Crippen molar-refractivity contribution in [3.8, 4) is 0 Å². The maximum absolute atomic E-state index is 12.0. The van der Waals surface area contributed by atoms with Gasteiger partial charge in [-0.15, -0.1) is 0 Å². The van der Waals surface area contributed by atoms with E-state index in [1.165, 1.54) is 0 Å². The van der Waals surface area contributed by atoms with Crippen LogP contribution in [0.3, 0.4) is 0 Å². The average Bonchev–Trinajstić information content (AvgIpc) is 2.61. The van der Waals surface area contributed by atoms with E-state index in [0.717, 1.165) is 5.56 Å². The number of carbonyl (C=O) groups is 3. The molecular weight excluding hydrogens is 320 g/mol. The Morgan fingerprint density at radius 1 is 0.920 bits per heavy atom. The number of carbonyl (C=O) groups excluding carboxylic acids is 3. The van der Waals surface area contributed by atoms with Gasteiger partial charge in [0.25, 0.3) is 5.91 Å². The van der Waals surface area contributed by atoms with E-state index in [9.17, 15) is 14.4 Å². The van der Waals surface area contributed by atoms with Crippen molar-refractivity contribution in [3.63, 3.8) is 0 Å². The Hall–Kier alpha value is -3.15. The van der Waals surface area contributed by atoms with E-state index >= 15 is 0 Å². The summed E-state index contributed by atoms with van der Waals surface area (Å²) in [6.45, 7) is 3.82. The van der Waals surface area contributed by atoms with Crippen LogP contribution in [0.1, 0.15) is 33.2 Å². The second-order valence-corrected chi connectivity index (χ2v) is 5.39. The number of amides is 2. The van der Waals surface area contributed by atoms with Crippen molar-refractivity contribution < 1.29 is 19.1 Å². The van der Waals surface area contributed by atoms with Gasteiger partial charge in [0.2, 0.25) is 5.91 Å². The molecule has 0 radical (unpaired) electrons. The molecule has 6 heteroatoms. The van der Waals surface area contributed by atoms with Gasteiger partial charge < -0.3 is 15.4 Å². The summed E-state index contributed by atoms with van der Waals surface area (Å²) in [6, 6.07) is 13.4. The van der Waals surface area contributed by atoms with Crippen LogP contribution in [0, 0.1) is 6.92 Å². The summed E-state index contributed by atoms with van der Waals surface area (Å²) in [7, 11) is 0. The van der Waals surface area contributed by atoms with Crippen molar-refractivity contribution >= 4 is 23.5 Å². The fourth-order valence-corrected chi connectivity index (χ4v) is 2.08. The topological polar surface area (TPSA) is 84.5 Å². The fraction of sp³-hybridized carbons (Fsp3) is 0.211. The monoisotopic (exact) mass is 340 g/mol. The lowest BCUT2D eigenvalue weighted by atomic mass is 10.1. The van der Waals surface area contributed by atoms with Crippen molar-refractivity contribution in [2.45, 2.75) is 13.8 Å². The zero-order valence-corrected chi connectivity index (χ0v) is 14.2. The van der Waals surface area contributed by atoms with Gasteiger partial charge in [-0.2, -0.15) is 0 Å². The van der Waals surface area contributed by atoms with Gasteiger partial charge in [0.15, 0.2) is 0 Å². The first kappa shape index (κ1) is 18.2. The standard InChI is InChI=1S/C19H20N2O4/c1-3-25-19(24)15-8-10-16(11-9-15)21-17(22)12-20-18(23)14-6-4-13(2)5-7-14/h4-11H,3,12H2,1-2H3,(H,20,23)(H,21,22). The lowest BCUT2D eigenvalue weighted by molar-refractivity contribution is -0.115. The summed E-state index contributed by atoms with van der Waals surface area (Å²) in [4.78, 5) is 35.4. The summed E-state index contributed by atoms with van der Waals surface area (Å²) in [6.07, 6.45) is 0. The van der Waals surface area contributed by atoms with E-state index < -0.39 is 5.97 Å². The molecule has 0 aliphatic heterocycles. The van der Waals surface area contributed by atoms with Crippen LogP contribution in [-0.4, -0.2) is 30.9 Å². The van der Waals surface area contributed by atoms with Gasteiger partial charge in [0, 0.05) is 11.3 Å². The largest absolute Gasteiger partial charge is 0.462 e. The van der Waals surface area contributed by atoms with E-state index in [-0.39, 0.29) is 18.4 Å². The molecule has 0 aromatic heterocycles. The van der Waals surface area contributed by atoms with Crippen molar-refractivity contribution in [2.24, 2.45) is 0 Å². The van der Waals surface area contributed by atoms with Crippen LogP contribution < -0.4 is 10.6 Å². The molecule has 2 N–H and O–H groups in total. The molecule has 6 nitrogen and oxygen atoms in total. The number of rotatable bonds is 6. The SMILES string of the molecule is CCOC(=O)c1ccc(NC(=O)CNC(=O)c2ccc(C)cc2)cc1. The molecule has 130 valence electrons. The third-order valence-corrected chi connectivity index (χ3v) is 3.40. The minimum absolute atomic E-state index is 0.146. The van der Waals surface area contributed by atoms with Crippen LogP contribution in [0.25, 0.3) is 0 Å². The van der Waals surface area contributed by atoms with Crippen LogP contribution in [-0.2, 0) is 9.53 Å². The number of nitrogens with one attached hydrogen (secondary N) is 2. The van der Waals surface area contributed by atoms with E-state index in [1.807, 2.05) is 19.1 Å². The summed E-state index contributed by atoms with van der Waals surface area (Å²) < 4.78 is 4.89. The molecule has 0 bridgehead atoms. The molecule has 2 amide bonds. The van der Waals surface area contributed by atoms with Crippen LogP contribution in [0.4, 0.5) is 5.69 Å². The number of hydrogen-bond acceptors (Lipinski definition) is 4. The molecule has 2 rings (SSSR count). The molecule has 0 saturated carbocycles. The number of esters is 1. The Kier molecular flexibility index (Phi) is 6.28. The number of aryl methyl sites for hydroxylation is 1. The zero-order valence-electron chi connectivity index (χ0n) is 14.2. The summed E-state index contributed by atoms with van der Waals surface area (Å²) in [5.74, 6) is -1.08. The van der Waals surface area contributed by atoms with Crippen molar-refractivity contribution in [1.82, 2.24) is 5.32 Å². The van der Waals surface area contributed by atoms with E-state index in [2.05, 4.69) is 10.6 Å². The predicted octanol–water partition coefficient (Wildman–Crippen LogP) is 2.54. The van der Waals surface area contributed by atoms with E-state index in [0.29, 0.717) is 23.4 Å². The normalized spacial score (nSPS) is 10.0. The summed E-state index contributed by atoms with van der Waals surface area (Å²) in [5, 5.41) is 5.21. The average molecular weight is 340 g/mol. The molecule has 0 unspecified atom stereocenters. The molecule has 0 saturated heterocycles. The Morgan fingerprint density at radius 2 is 1.52 bits per heavy atom. The maximum atomic E-state index is 12.0. The molecule has 25 heavy (non-hydrogen) atoms. The minimum atomic E-state index is -0.411. The predicted molar refractivity (Wildman–Crippen MR) is 94.5 cm³/mol. The van der Waals surface area contributed by atoms with Gasteiger partial charge >= 0.3 is 5.97 Å². The van der Waals surface area contributed by atoms with Gasteiger partial charge in [-0.3, -0.25) is 9.59 Å². The third kappa shape index (κ3) is 5.46. The lowest BCUT2D eigenvalue weighted by Crippen LogP contribution is -2.32. The Balaban J connectivity index is 1.84. The minimum Gasteiger partial charge on any atom is -0.462 e. The molecule has 0 spiro atoms.